The number of benzodiazepines with no additional fused rings is 1. The van der Waals surface area contributed by atoms with Crippen molar-refractivity contribution in [2.24, 2.45) is 10.4 Å². The van der Waals surface area contributed by atoms with Gasteiger partial charge in [0.2, 0.25) is 6.17 Å². The van der Waals surface area contributed by atoms with E-state index in [2.05, 4.69) is 10.6 Å². The van der Waals surface area contributed by atoms with Gasteiger partial charge in [0.1, 0.15) is 0 Å². The van der Waals surface area contributed by atoms with Crippen molar-refractivity contribution < 1.29 is 14.4 Å². The number of carbonyl (C=O) groups is 3. The molecule has 0 aromatic heterocycles. The lowest BCUT2D eigenvalue weighted by Crippen LogP contribution is -2.50. The average Bonchev–Trinajstić information content (AvgIpc) is 2.95. The Hall–Kier alpha value is -4.26. The van der Waals surface area contributed by atoms with E-state index >= 15 is 0 Å². The highest BCUT2D eigenvalue weighted by atomic mass is 16.2. The maximum atomic E-state index is 13.8. The monoisotopic (exact) mass is 468 g/mol. The van der Waals surface area contributed by atoms with E-state index in [1.165, 1.54) is 4.90 Å². The number of urea groups is 1. The van der Waals surface area contributed by atoms with Gasteiger partial charge in [-0.25, -0.2) is 9.79 Å². The molecule has 1 atom stereocenters. The lowest BCUT2D eigenvalue weighted by Gasteiger charge is -2.28. The summed E-state index contributed by atoms with van der Waals surface area (Å²) in [6.07, 6.45) is -1.23. The Labute approximate surface area is 204 Å². The number of nitrogens with zero attached hydrogens (tertiary/aromatic N) is 2. The molecule has 2 N–H and O–H groups in total. The van der Waals surface area contributed by atoms with Gasteiger partial charge in [0, 0.05) is 22.2 Å². The summed E-state index contributed by atoms with van der Waals surface area (Å²) in [4.78, 5) is 45.7. The smallest absolute Gasteiger partial charge is 0.308 e. The van der Waals surface area contributed by atoms with Gasteiger partial charge < -0.3 is 15.5 Å². The molecule has 0 fully saturated rings. The van der Waals surface area contributed by atoms with Crippen molar-refractivity contribution in [2.45, 2.75) is 26.9 Å². The molecular weight excluding hydrogens is 440 g/mol. The first kappa shape index (κ1) is 23.9. The van der Waals surface area contributed by atoms with Gasteiger partial charge in [-0.05, 0) is 18.2 Å². The Bertz CT molecular complexity index is 1260. The highest BCUT2D eigenvalue weighted by Crippen LogP contribution is 2.29. The van der Waals surface area contributed by atoms with Gasteiger partial charge in [0.05, 0.1) is 17.9 Å². The fourth-order valence-corrected chi connectivity index (χ4v) is 3.71. The van der Waals surface area contributed by atoms with E-state index in [0.717, 1.165) is 5.56 Å². The van der Waals surface area contributed by atoms with Crippen LogP contribution in [-0.4, -0.2) is 36.1 Å². The van der Waals surface area contributed by atoms with Crippen molar-refractivity contribution in [1.82, 2.24) is 5.32 Å². The van der Waals surface area contributed by atoms with Gasteiger partial charge in [0.15, 0.2) is 5.78 Å². The number of nitrogens with one attached hydrogen (secondary N) is 2. The number of aliphatic imine (C=N–C) groups is 1. The molecule has 0 saturated carbocycles. The number of fused-ring (bicyclic) bond motifs is 1. The molecule has 0 bridgehead atoms. The minimum Gasteiger partial charge on any atom is -0.308 e. The van der Waals surface area contributed by atoms with Gasteiger partial charge in [0.25, 0.3) is 5.91 Å². The molecule has 1 heterocycles. The third-order valence-electron chi connectivity index (χ3n) is 5.69. The Morgan fingerprint density at radius 3 is 2.14 bits per heavy atom. The molecule has 0 aliphatic carbocycles. The molecular formula is C28H28N4O3. The SMILES string of the molecule is CC(C)(C)C(=O)CN1C(=O)[C@H](NC(=O)Nc2ccccc2)N=C(c2ccccc2)c2ccccc21. The van der Waals surface area contributed by atoms with Crippen LogP contribution in [0.3, 0.4) is 0 Å². The summed E-state index contributed by atoms with van der Waals surface area (Å²) in [6, 6.07) is 25.2. The van der Waals surface area contributed by atoms with E-state index in [1.807, 2.05) is 75.4 Å². The second-order valence-corrected chi connectivity index (χ2v) is 9.33. The maximum Gasteiger partial charge on any atom is 0.321 e. The molecule has 4 rings (SSSR count). The Morgan fingerprint density at radius 2 is 1.49 bits per heavy atom. The van der Waals surface area contributed by atoms with Crippen molar-refractivity contribution in [3.63, 3.8) is 0 Å². The van der Waals surface area contributed by atoms with Crippen molar-refractivity contribution in [3.8, 4) is 0 Å². The molecule has 3 aromatic carbocycles. The van der Waals surface area contributed by atoms with Crippen LogP contribution < -0.4 is 15.5 Å². The summed E-state index contributed by atoms with van der Waals surface area (Å²) in [7, 11) is 0. The van der Waals surface area contributed by atoms with Gasteiger partial charge in [-0.15, -0.1) is 0 Å². The van der Waals surface area contributed by atoms with E-state index in [-0.39, 0.29) is 12.3 Å². The summed E-state index contributed by atoms with van der Waals surface area (Å²) in [5, 5.41) is 5.42. The second-order valence-electron chi connectivity index (χ2n) is 9.33. The fourth-order valence-electron chi connectivity index (χ4n) is 3.71. The molecule has 178 valence electrons. The number of ketones is 1. The summed E-state index contributed by atoms with van der Waals surface area (Å²) in [5.74, 6) is -0.583. The number of hydrogen-bond acceptors (Lipinski definition) is 4. The topological polar surface area (TPSA) is 90.9 Å². The van der Waals surface area contributed by atoms with Crippen LogP contribution in [0.5, 0.6) is 0 Å². The number of Topliss-reactive ketones (excluding diaryl/α,β-unsaturated/α-hetero) is 1. The van der Waals surface area contributed by atoms with Crippen LogP contribution in [0.1, 0.15) is 31.9 Å². The van der Waals surface area contributed by atoms with Crippen LogP contribution in [-0.2, 0) is 9.59 Å². The standard InChI is InChI=1S/C28H28N4O3/c1-28(2,3)23(33)18-32-22-17-11-10-16-21(22)24(19-12-6-4-7-13-19)30-25(26(32)34)31-27(35)29-20-14-8-5-9-15-20/h4-17,25H,18H2,1-3H3,(H2,29,31,35)/t25-/m0/s1. The average molecular weight is 469 g/mol. The van der Waals surface area contributed by atoms with Gasteiger partial charge in [-0.1, -0.05) is 87.5 Å². The van der Waals surface area contributed by atoms with Crippen LogP contribution in [0.25, 0.3) is 0 Å². The number of benzene rings is 3. The molecule has 7 nitrogen and oxygen atoms in total. The van der Waals surface area contributed by atoms with E-state index in [1.54, 1.807) is 30.3 Å². The highest BCUT2D eigenvalue weighted by molar-refractivity contribution is 6.21. The molecule has 3 aromatic rings. The van der Waals surface area contributed by atoms with E-state index in [9.17, 15) is 14.4 Å². The number of amides is 3. The van der Waals surface area contributed by atoms with Crippen LogP contribution >= 0.6 is 0 Å². The Balaban J connectivity index is 1.76. The Kier molecular flexibility index (Phi) is 6.78. The third kappa shape index (κ3) is 5.46. The van der Waals surface area contributed by atoms with Crippen LogP contribution in [0.2, 0.25) is 0 Å². The lowest BCUT2D eigenvalue weighted by atomic mass is 9.90. The number of carbonyl (C=O) groups excluding carboxylic acids is 3. The van der Waals surface area contributed by atoms with E-state index < -0.39 is 23.5 Å². The quantitative estimate of drug-likeness (QED) is 0.572. The van der Waals surface area contributed by atoms with Crippen molar-refractivity contribution >= 4 is 34.8 Å². The highest BCUT2D eigenvalue weighted by Gasteiger charge is 2.35. The second kappa shape index (κ2) is 9.93. The zero-order chi connectivity index (χ0) is 25.0. The maximum absolute atomic E-state index is 13.8. The third-order valence-corrected chi connectivity index (χ3v) is 5.69. The zero-order valence-corrected chi connectivity index (χ0v) is 20.0. The predicted octanol–water partition coefficient (Wildman–Crippen LogP) is 4.63. The Morgan fingerprint density at radius 1 is 0.886 bits per heavy atom. The molecule has 7 heteroatoms. The predicted molar refractivity (Wildman–Crippen MR) is 138 cm³/mol. The first-order valence-corrected chi connectivity index (χ1v) is 11.4. The van der Waals surface area contributed by atoms with Crippen molar-refractivity contribution in [1.29, 1.82) is 0 Å². The largest absolute Gasteiger partial charge is 0.321 e. The minimum absolute atomic E-state index is 0.101. The molecule has 0 saturated heterocycles. The summed E-state index contributed by atoms with van der Waals surface area (Å²) in [6.45, 7) is 5.32. The van der Waals surface area contributed by atoms with Crippen LogP contribution in [0.4, 0.5) is 16.2 Å². The minimum atomic E-state index is -1.23. The van der Waals surface area contributed by atoms with Crippen LogP contribution in [0.15, 0.2) is 89.9 Å². The molecule has 3 amide bonds. The number of rotatable bonds is 5. The molecule has 0 spiro atoms. The molecule has 0 radical (unpaired) electrons. The van der Waals surface area contributed by atoms with Gasteiger partial charge >= 0.3 is 6.03 Å². The van der Waals surface area contributed by atoms with Gasteiger partial charge in [-0.3, -0.25) is 9.59 Å². The molecule has 1 aliphatic rings. The van der Waals surface area contributed by atoms with Gasteiger partial charge in [-0.2, -0.15) is 0 Å². The first-order valence-electron chi connectivity index (χ1n) is 11.4. The summed E-state index contributed by atoms with van der Waals surface area (Å²) in [5.41, 5.74) is 2.59. The summed E-state index contributed by atoms with van der Waals surface area (Å²) < 4.78 is 0. The van der Waals surface area contributed by atoms with Crippen molar-refractivity contribution in [2.75, 3.05) is 16.8 Å². The number of para-hydroxylation sites is 2. The molecule has 35 heavy (non-hydrogen) atoms. The zero-order valence-electron chi connectivity index (χ0n) is 20.0. The first-order chi connectivity index (χ1) is 16.7. The summed E-state index contributed by atoms with van der Waals surface area (Å²) >= 11 is 0. The lowest BCUT2D eigenvalue weighted by molar-refractivity contribution is -0.127. The van der Waals surface area contributed by atoms with Crippen LogP contribution in [0, 0.1) is 5.41 Å². The molecule has 0 unspecified atom stereocenters. The normalized spacial score (nSPS) is 15.5. The molecule has 1 aliphatic heterocycles. The van der Waals surface area contributed by atoms with E-state index in [0.29, 0.717) is 22.6 Å². The number of anilines is 2. The van der Waals surface area contributed by atoms with E-state index in [4.69, 9.17) is 4.99 Å². The number of hydrogen-bond donors (Lipinski definition) is 2. The van der Waals surface area contributed by atoms with Crippen molar-refractivity contribution in [3.05, 3.63) is 96.1 Å². The fraction of sp³-hybridized carbons (Fsp3) is 0.214.